The summed E-state index contributed by atoms with van der Waals surface area (Å²) in [6, 6.07) is 5.10. The van der Waals surface area contributed by atoms with Crippen LogP contribution in [0.4, 0.5) is 13.2 Å². The Morgan fingerprint density at radius 2 is 1.42 bits per heavy atom. The van der Waals surface area contributed by atoms with E-state index in [-0.39, 0.29) is 16.9 Å². The lowest BCUT2D eigenvalue weighted by Crippen LogP contribution is -2.27. The van der Waals surface area contributed by atoms with E-state index in [1.807, 2.05) is 6.92 Å². The highest BCUT2D eigenvalue weighted by molar-refractivity contribution is 6.03. The molecule has 178 valence electrons. The normalized spacial score (nSPS) is 26.3. The fourth-order valence-corrected chi connectivity index (χ4v) is 6.45. The van der Waals surface area contributed by atoms with E-state index in [9.17, 15) is 8.78 Å². The molecular weight excluding hydrogens is 421 g/mol. The van der Waals surface area contributed by atoms with Crippen molar-refractivity contribution in [2.75, 3.05) is 6.61 Å². The maximum atomic E-state index is 15.2. The predicted molar refractivity (Wildman–Crippen MR) is 127 cm³/mol. The lowest BCUT2D eigenvalue weighted by molar-refractivity contribution is 0.124. The van der Waals surface area contributed by atoms with E-state index < -0.39 is 17.5 Å². The van der Waals surface area contributed by atoms with Crippen LogP contribution in [0.1, 0.15) is 77.2 Å². The molecule has 4 heteroatoms. The van der Waals surface area contributed by atoms with Gasteiger partial charge in [0, 0.05) is 11.1 Å². The number of fused-ring (bicyclic) bond motifs is 4. The van der Waals surface area contributed by atoms with Crippen molar-refractivity contribution in [3.8, 4) is 28.0 Å². The Hall–Kier alpha value is -1.97. The highest BCUT2D eigenvalue weighted by Gasteiger charge is 2.35. The van der Waals surface area contributed by atoms with Gasteiger partial charge in [-0.05, 0) is 104 Å². The summed E-state index contributed by atoms with van der Waals surface area (Å²) in [5, 5.41) is 0. The molecule has 0 saturated heterocycles. The van der Waals surface area contributed by atoms with Gasteiger partial charge in [0.25, 0.3) is 0 Å². The van der Waals surface area contributed by atoms with Crippen molar-refractivity contribution in [1.29, 1.82) is 0 Å². The third-order valence-corrected chi connectivity index (χ3v) is 8.54. The lowest BCUT2D eigenvalue weighted by atomic mass is 9.69. The van der Waals surface area contributed by atoms with E-state index in [0.29, 0.717) is 35.6 Å². The third-order valence-electron chi connectivity index (χ3n) is 8.54. The first-order chi connectivity index (χ1) is 16.0. The predicted octanol–water partition coefficient (Wildman–Crippen LogP) is 8.72. The van der Waals surface area contributed by atoms with Crippen molar-refractivity contribution < 1.29 is 17.9 Å². The molecule has 3 aliphatic carbocycles. The second kappa shape index (κ2) is 9.35. The van der Waals surface area contributed by atoms with Gasteiger partial charge >= 0.3 is 0 Å². The molecule has 0 aromatic heterocycles. The summed E-state index contributed by atoms with van der Waals surface area (Å²) in [7, 11) is 0. The largest absolute Gasteiger partial charge is 0.490 e. The van der Waals surface area contributed by atoms with E-state index in [0.717, 1.165) is 37.0 Å². The number of ether oxygens (including phenoxy) is 1. The van der Waals surface area contributed by atoms with Gasteiger partial charge in [-0.25, -0.2) is 13.2 Å². The molecule has 33 heavy (non-hydrogen) atoms. The lowest BCUT2D eigenvalue weighted by Gasteiger charge is -2.37. The van der Waals surface area contributed by atoms with Gasteiger partial charge in [0.15, 0.2) is 23.2 Å². The van der Waals surface area contributed by atoms with Crippen LogP contribution in [-0.4, -0.2) is 6.61 Å². The quantitative estimate of drug-likeness (QED) is 0.360. The second-order valence-electron chi connectivity index (χ2n) is 10.7. The Labute approximate surface area is 195 Å². The Balaban J connectivity index is 1.22. The van der Waals surface area contributed by atoms with Crippen LogP contribution in [0, 0.1) is 41.1 Å². The Bertz CT molecular complexity index is 1010. The first kappa shape index (κ1) is 22.8. The number of benzene rings is 2. The molecule has 1 nitrogen and oxygen atoms in total. The van der Waals surface area contributed by atoms with Crippen LogP contribution in [0.15, 0.2) is 18.2 Å². The molecule has 2 fully saturated rings. The summed E-state index contributed by atoms with van der Waals surface area (Å²) < 4.78 is 50.3. The van der Waals surface area contributed by atoms with Crippen molar-refractivity contribution in [3.05, 3.63) is 41.2 Å². The van der Waals surface area contributed by atoms with Crippen LogP contribution in [-0.2, 0) is 6.42 Å². The van der Waals surface area contributed by atoms with Gasteiger partial charge in [0.1, 0.15) is 0 Å². The molecule has 2 aromatic rings. The van der Waals surface area contributed by atoms with Crippen molar-refractivity contribution in [1.82, 2.24) is 0 Å². The highest BCUT2D eigenvalue weighted by atomic mass is 19.2. The Morgan fingerprint density at radius 3 is 2.09 bits per heavy atom. The van der Waals surface area contributed by atoms with Crippen LogP contribution < -0.4 is 4.74 Å². The summed E-state index contributed by atoms with van der Waals surface area (Å²) >= 11 is 0. The molecule has 5 rings (SSSR count). The highest BCUT2D eigenvalue weighted by Crippen LogP contribution is 2.53. The zero-order valence-corrected chi connectivity index (χ0v) is 19.9. The minimum absolute atomic E-state index is 0.0626. The molecule has 0 aliphatic heterocycles. The van der Waals surface area contributed by atoms with Crippen molar-refractivity contribution in [2.45, 2.75) is 78.1 Å². The monoisotopic (exact) mass is 456 g/mol. The van der Waals surface area contributed by atoms with Crippen molar-refractivity contribution in [3.63, 3.8) is 0 Å². The molecule has 3 aliphatic rings. The number of rotatable bonds is 6. The van der Waals surface area contributed by atoms with E-state index in [2.05, 4.69) is 6.92 Å². The minimum Gasteiger partial charge on any atom is -0.490 e. The zero-order valence-electron chi connectivity index (χ0n) is 19.9. The molecule has 0 spiro atoms. The molecule has 0 unspecified atom stereocenters. The Morgan fingerprint density at radius 1 is 0.788 bits per heavy atom. The average molecular weight is 457 g/mol. The van der Waals surface area contributed by atoms with Gasteiger partial charge in [-0.15, -0.1) is 0 Å². The third kappa shape index (κ3) is 4.19. The second-order valence-corrected chi connectivity index (χ2v) is 10.7. The first-order valence-electron chi connectivity index (χ1n) is 12.9. The van der Waals surface area contributed by atoms with Gasteiger partial charge in [-0.1, -0.05) is 33.1 Å². The van der Waals surface area contributed by atoms with Gasteiger partial charge in [0.05, 0.1) is 6.61 Å². The summed E-state index contributed by atoms with van der Waals surface area (Å²) in [6.07, 6.45) is 11.5. The number of hydrogen-bond acceptors (Lipinski definition) is 1. The minimum atomic E-state index is -0.935. The standard InChI is InChI=1S/C29H35F3O/c1-3-4-21-15-23-22-13-14-24(28(31)25(22)26(23)29(32)27(21)30)33-16-18-7-11-20(12-8-18)19-9-5-17(2)6-10-19/h13-15,17-20H,3-12,16H2,1-2H3. The van der Waals surface area contributed by atoms with Crippen molar-refractivity contribution >= 4 is 0 Å². The molecule has 2 aromatic carbocycles. The summed E-state index contributed by atoms with van der Waals surface area (Å²) in [5.41, 5.74) is 1.84. The molecular formula is C29H35F3O. The van der Waals surface area contributed by atoms with E-state index in [1.165, 1.54) is 38.5 Å². The molecule has 0 bridgehead atoms. The fraction of sp³-hybridized carbons (Fsp3) is 0.586. The molecule has 2 saturated carbocycles. The first-order valence-corrected chi connectivity index (χ1v) is 12.9. The van der Waals surface area contributed by atoms with Gasteiger partial charge in [0.2, 0.25) is 0 Å². The van der Waals surface area contributed by atoms with Crippen LogP contribution in [0.5, 0.6) is 5.75 Å². The Kier molecular flexibility index (Phi) is 6.46. The van der Waals surface area contributed by atoms with E-state index in [1.54, 1.807) is 18.2 Å². The fourth-order valence-electron chi connectivity index (χ4n) is 6.45. The van der Waals surface area contributed by atoms with Crippen molar-refractivity contribution in [2.24, 2.45) is 23.7 Å². The molecule has 0 N–H and O–H groups in total. The molecule has 0 atom stereocenters. The summed E-state index contributed by atoms with van der Waals surface area (Å²) in [5.74, 6) is 0.861. The summed E-state index contributed by atoms with van der Waals surface area (Å²) in [4.78, 5) is 0. The number of halogens is 3. The molecule has 0 radical (unpaired) electrons. The smallest absolute Gasteiger partial charge is 0.173 e. The zero-order chi connectivity index (χ0) is 23.1. The average Bonchev–Trinajstić information content (AvgIpc) is 2.81. The van der Waals surface area contributed by atoms with Crippen LogP contribution in [0.3, 0.4) is 0 Å². The van der Waals surface area contributed by atoms with E-state index >= 15 is 4.39 Å². The maximum Gasteiger partial charge on any atom is 0.173 e. The SMILES string of the molecule is CCCc1cc2c(c(F)c1F)-c1c-2ccc(OCC2CCC(C3CCC(C)CC3)CC2)c1F. The van der Waals surface area contributed by atoms with Crippen LogP contribution >= 0.6 is 0 Å². The summed E-state index contributed by atoms with van der Waals surface area (Å²) in [6.45, 7) is 4.79. The van der Waals surface area contributed by atoms with Crippen LogP contribution in [0.25, 0.3) is 22.3 Å². The topological polar surface area (TPSA) is 9.23 Å². The van der Waals surface area contributed by atoms with E-state index in [4.69, 9.17) is 4.74 Å². The number of aryl methyl sites for hydroxylation is 1. The molecule has 0 heterocycles. The maximum absolute atomic E-state index is 15.2. The molecule has 0 amide bonds. The number of hydrogen-bond donors (Lipinski definition) is 0. The van der Waals surface area contributed by atoms with Gasteiger partial charge in [-0.2, -0.15) is 0 Å². The van der Waals surface area contributed by atoms with Crippen LogP contribution in [0.2, 0.25) is 0 Å². The van der Waals surface area contributed by atoms with Gasteiger partial charge < -0.3 is 4.74 Å². The van der Waals surface area contributed by atoms with Gasteiger partial charge in [-0.3, -0.25) is 0 Å².